The van der Waals surface area contributed by atoms with Gasteiger partial charge in [-0.3, -0.25) is 9.78 Å². The van der Waals surface area contributed by atoms with Crippen LogP contribution in [0.1, 0.15) is 19.3 Å². The highest BCUT2D eigenvalue weighted by Gasteiger charge is 2.43. The Balaban J connectivity index is 1.48. The minimum absolute atomic E-state index is 0.0107. The van der Waals surface area contributed by atoms with E-state index in [1.807, 2.05) is 0 Å². The van der Waals surface area contributed by atoms with Crippen molar-refractivity contribution in [2.45, 2.75) is 31.0 Å². The zero-order chi connectivity index (χ0) is 16.3. The molecule has 126 valence electrons. The Morgan fingerprint density at radius 1 is 1.43 bits per heavy atom. The molecule has 2 fully saturated rings. The molecule has 2 saturated heterocycles. The quantitative estimate of drug-likeness (QED) is 0.814. The van der Waals surface area contributed by atoms with Gasteiger partial charge in [0.25, 0.3) is 0 Å². The molecule has 1 aromatic rings. The summed E-state index contributed by atoms with van der Waals surface area (Å²) in [6.45, 7) is 2.51. The average molecular weight is 320 g/mol. The van der Waals surface area contributed by atoms with Crippen molar-refractivity contribution in [1.82, 2.24) is 14.9 Å². The van der Waals surface area contributed by atoms with Crippen molar-refractivity contribution < 1.29 is 14.3 Å². The molecule has 0 saturated carbocycles. The fourth-order valence-corrected chi connectivity index (χ4v) is 3.17. The summed E-state index contributed by atoms with van der Waals surface area (Å²) in [5.74, 6) is 0.910. The van der Waals surface area contributed by atoms with Crippen LogP contribution in [0.4, 0.5) is 5.82 Å². The van der Waals surface area contributed by atoms with Crippen molar-refractivity contribution in [1.29, 1.82) is 0 Å². The SMILES string of the molecule is CN(C)C(=O)CO[C@@H]1COC2(CCN(c3cnccn3)CC2)C1. The molecule has 7 heteroatoms. The Morgan fingerprint density at radius 3 is 2.87 bits per heavy atom. The third-order valence-electron chi connectivity index (χ3n) is 4.66. The van der Waals surface area contributed by atoms with Crippen LogP contribution in [0, 0.1) is 0 Å². The van der Waals surface area contributed by atoms with Gasteiger partial charge in [0.1, 0.15) is 12.4 Å². The first-order chi connectivity index (χ1) is 11.1. The molecular formula is C16H24N4O3. The smallest absolute Gasteiger partial charge is 0.248 e. The normalized spacial score (nSPS) is 23.2. The largest absolute Gasteiger partial charge is 0.372 e. The molecule has 1 amide bonds. The van der Waals surface area contributed by atoms with Crippen LogP contribution in [0.25, 0.3) is 0 Å². The van der Waals surface area contributed by atoms with Gasteiger partial charge in [0, 0.05) is 46.0 Å². The molecule has 3 rings (SSSR count). The number of hydrogen-bond donors (Lipinski definition) is 0. The van der Waals surface area contributed by atoms with Crippen molar-refractivity contribution in [3.05, 3.63) is 18.6 Å². The molecule has 2 aliphatic heterocycles. The van der Waals surface area contributed by atoms with Crippen LogP contribution in [-0.4, -0.2) is 72.9 Å². The number of ether oxygens (including phenoxy) is 2. The molecular weight excluding hydrogens is 296 g/mol. The van der Waals surface area contributed by atoms with Gasteiger partial charge in [-0.15, -0.1) is 0 Å². The van der Waals surface area contributed by atoms with Gasteiger partial charge in [-0.05, 0) is 12.8 Å². The first-order valence-corrected chi connectivity index (χ1v) is 8.05. The third kappa shape index (κ3) is 3.79. The van der Waals surface area contributed by atoms with Crippen molar-refractivity contribution >= 4 is 11.7 Å². The van der Waals surface area contributed by atoms with E-state index in [2.05, 4.69) is 14.9 Å². The van der Waals surface area contributed by atoms with Crippen LogP contribution in [0.5, 0.6) is 0 Å². The molecule has 0 aliphatic carbocycles. The topological polar surface area (TPSA) is 67.8 Å². The lowest BCUT2D eigenvalue weighted by Gasteiger charge is -2.39. The molecule has 23 heavy (non-hydrogen) atoms. The Bertz CT molecular complexity index is 529. The number of hydrogen-bond acceptors (Lipinski definition) is 6. The Labute approximate surface area is 136 Å². The van der Waals surface area contributed by atoms with E-state index in [-0.39, 0.29) is 24.2 Å². The van der Waals surface area contributed by atoms with Crippen molar-refractivity contribution in [3.8, 4) is 0 Å². The number of carbonyl (C=O) groups is 1. The highest BCUT2D eigenvalue weighted by Crippen LogP contribution is 2.37. The first kappa shape index (κ1) is 16.1. The van der Waals surface area contributed by atoms with E-state index >= 15 is 0 Å². The summed E-state index contributed by atoms with van der Waals surface area (Å²) >= 11 is 0. The van der Waals surface area contributed by atoms with Gasteiger partial charge in [0.2, 0.25) is 5.91 Å². The van der Waals surface area contributed by atoms with Crippen LogP contribution in [0.3, 0.4) is 0 Å². The number of likely N-dealkylation sites (N-methyl/N-ethyl adjacent to an activating group) is 1. The van der Waals surface area contributed by atoms with Crippen LogP contribution < -0.4 is 4.90 Å². The molecule has 3 heterocycles. The minimum Gasteiger partial charge on any atom is -0.372 e. The van der Waals surface area contributed by atoms with E-state index in [1.165, 1.54) is 0 Å². The number of aromatic nitrogens is 2. The van der Waals surface area contributed by atoms with Gasteiger partial charge in [0.15, 0.2) is 0 Å². The maximum atomic E-state index is 11.6. The molecule has 0 radical (unpaired) electrons. The maximum Gasteiger partial charge on any atom is 0.248 e. The second-order valence-electron chi connectivity index (χ2n) is 6.47. The summed E-state index contributed by atoms with van der Waals surface area (Å²) in [4.78, 5) is 23.9. The summed E-state index contributed by atoms with van der Waals surface area (Å²) < 4.78 is 11.8. The molecule has 2 aliphatic rings. The van der Waals surface area contributed by atoms with Gasteiger partial charge < -0.3 is 19.3 Å². The van der Waals surface area contributed by atoms with Crippen LogP contribution in [0.2, 0.25) is 0 Å². The maximum absolute atomic E-state index is 11.6. The van der Waals surface area contributed by atoms with E-state index in [0.717, 1.165) is 38.2 Å². The predicted molar refractivity (Wildman–Crippen MR) is 85.2 cm³/mol. The van der Waals surface area contributed by atoms with Crippen molar-refractivity contribution in [3.63, 3.8) is 0 Å². The zero-order valence-corrected chi connectivity index (χ0v) is 13.8. The molecule has 7 nitrogen and oxygen atoms in total. The van der Waals surface area contributed by atoms with Crippen LogP contribution in [-0.2, 0) is 14.3 Å². The van der Waals surface area contributed by atoms with Crippen LogP contribution >= 0.6 is 0 Å². The summed E-state index contributed by atoms with van der Waals surface area (Å²) in [5, 5.41) is 0. The zero-order valence-electron chi connectivity index (χ0n) is 13.8. The molecule has 1 aromatic heterocycles. The lowest BCUT2D eigenvalue weighted by molar-refractivity contribution is -0.135. The van der Waals surface area contributed by atoms with E-state index in [0.29, 0.717) is 6.61 Å². The third-order valence-corrected chi connectivity index (χ3v) is 4.66. The minimum atomic E-state index is -0.107. The number of nitrogens with zero attached hydrogens (tertiary/aromatic N) is 4. The van der Waals surface area contributed by atoms with Gasteiger partial charge in [0.05, 0.1) is 24.5 Å². The Morgan fingerprint density at radius 2 is 2.22 bits per heavy atom. The Kier molecular flexibility index (Phi) is 4.77. The Hall–Kier alpha value is -1.73. The van der Waals surface area contributed by atoms with E-state index in [9.17, 15) is 4.79 Å². The average Bonchev–Trinajstić information content (AvgIpc) is 2.97. The summed E-state index contributed by atoms with van der Waals surface area (Å²) in [5.41, 5.74) is -0.107. The highest BCUT2D eigenvalue weighted by atomic mass is 16.6. The van der Waals surface area contributed by atoms with Crippen molar-refractivity contribution in [2.75, 3.05) is 45.3 Å². The molecule has 0 aromatic carbocycles. The molecule has 0 bridgehead atoms. The second-order valence-corrected chi connectivity index (χ2v) is 6.47. The van der Waals surface area contributed by atoms with Gasteiger partial charge in [-0.2, -0.15) is 0 Å². The number of amides is 1. The monoisotopic (exact) mass is 320 g/mol. The number of piperidine rings is 1. The van der Waals surface area contributed by atoms with Crippen LogP contribution in [0.15, 0.2) is 18.6 Å². The predicted octanol–water partition coefficient (Wildman–Crippen LogP) is 0.709. The molecule has 0 N–H and O–H groups in total. The fraction of sp³-hybridized carbons (Fsp3) is 0.688. The van der Waals surface area contributed by atoms with Gasteiger partial charge in [-0.25, -0.2) is 4.98 Å². The molecule has 1 spiro atoms. The number of anilines is 1. The summed E-state index contributed by atoms with van der Waals surface area (Å²) in [6, 6.07) is 0. The molecule has 0 unspecified atom stereocenters. The van der Waals surface area contributed by atoms with Gasteiger partial charge in [-0.1, -0.05) is 0 Å². The first-order valence-electron chi connectivity index (χ1n) is 8.05. The molecule has 1 atom stereocenters. The van der Waals surface area contributed by atoms with E-state index in [4.69, 9.17) is 9.47 Å². The highest BCUT2D eigenvalue weighted by molar-refractivity contribution is 5.76. The number of carbonyl (C=O) groups excluding carboxylic acids is 1. The number of rotatable bonds is 4. The lowest BCUT2D eigenvalue weighted by atomic mass is 9.88. The van der Waals surface area contributed by atoms with E-state index < -0.39 is 0 Å². The van der Waals surface area contributed by atoms with Crippen molar-refractivity contribution in [2.24, 2.45) is 0 Å². The fourth-order valence-electron chi connectivity index (χ4n) is 3.17. The second kappa shape index (κ2) is 6.80. The van der Waals surface area contributed by atoms with E-state index in [1.54, 1.807) is 37.6 Å². The summed E-state index contributed by atoms with van der Waals surface area (Å²) in [6.07, 6.45) is 7.98. The van der Waals surface area contributed by atoms with Gasteiger partial charge >= 0.3 is 0 Å². The summed E-state index contributed by atoms with van der Waals surface area (Å²) in [7, 11) is 3.47. The lowest BCUT2D eigenvalue weighted by Crippen LogP contribution is -2.44. The standard InChI is InChI=1S/C16H24N4O3/c1-19(2)15(21)12-22-13-9-16(23-11-13)3-7-20(8-4-16)14-10-17-5-6-18-14/h5-6,10,13H,3-4,7-9,11-12H2,1-2H3/t13-/m0/s1.